The number of imidazole rings is 1. The van der Waals surface area contributed by atoms with Crippen LogP contribution in [0.15, 0.2) is 49.1 Å². The smallest absolute Gasteiger partial charge is 0.215 e. The minimum atomic E-state index is -3.83. The normalized spacial score (nSPS) is 11.6. The summed E-state index contributed by atoms with van der Waals surface area (Å²) in [7, 11) is -3.83. The molecule has 0 atom stereocenters. The van der Waals surface area contributed by atoms with Gasteiger partial charge >= 0.3 is 0 Å². The fourth-order valence-electron chi connectivity index (χ4n) is 2.34. The standard InChI is InChI=1S/C16H15F2N5O2S/c17-13-2-3-14(18)12(10-13)11-26(24,25)22-7-9-23-8-6-21-16(23)15-19-4-1-5-20-15/h1-6,8,10,22H,7,9,11H2. The van der Waals surface area contributed by atoms with Crippen molar-refractivity contribution in [1.29, 1.82) is 0 Å². The molecule has 1 aromatic carbocycles. The van der Waals surface area contributed by atoms with Gasteiger partial charge in [-0.25, -0.2) is 36.9 Å². The summed E-state index contributed by atoms with van der Waals surface area (Å²) in [5.74, 6) is -1.18. The number of nitrogens with one attached hydrogen (secondary N) is 1. The minimum Gasteiger partial charge on any atom is -0.327 e. The van der Waals surface area contributed by atoms with Crippen molar-refractivity contribution >= 4 is 10.0 Å². The highest BCUT2D eigenvalue weighted by Crippen LogP contribution is 2.13. The second-order valence-electron chi connectivity index (χ2n) is 5.41. The van der Waals surface area contributed by atoms with Gasteiger partial charge in [-0.05, 0) is 24.3 Å². The van der Waals surface area contributed by atoms with E-state index in [0.717, 1.165) is 18.2 Å². The van der Waals surface area contributed by atoms with E-state index in [1.54, 1.807) is 35.4 Å². The lowest BCUT2D eigenvalue weighted by atomic mass is 10.2. The molecule has 3 rings (SSSR count). The van der Waals surface area contributed by atoms with Gasteiger partial charge in [0.2, 0.25) is 10.0 Å². The summed E-state index contributed by atoms with van der Waals surface area (Å²) < 4.78 is 55.0. The monoisotopic (exact) mass is 379 g/mol. The van der Waals surface area contributed by atoms with Crippen molar-refractivity contribution in [3.05, 3.63) is 66.3 Å². The molecule has 0 saturated heterocycles. The van der Waals surface area contributed by atoms with Crippen molar-refractivity contribution in [1.82, 2.24) is 24.2 Å². The highest BCUT2D eigenvalue weighted by molar-refractivity contribution is 7.88. The number of halogens is 2. The van der Waals surface area contributed by atoms with E-state index in [4.69, 9.17) is 0 Å². The van der Waals surface area contributed by atoms with Crippen molar-refractivity contribution in [2.75, 3.05) is 6.54 Å². The van der Waals surface area contributed by atoms with Gasteiger partial charge in [-0.15, -0.1) is 0 Å². The van der Waals surface area contributed by atoms with Crippen LogP contribution in [0.3, 0.4) is 0 Å². The van der Waals surface area contributed by atoms with Gasteiger partial charge in [0, 0.05) is 43.4 Å². The Hall–Kier alpha value is -2.72. The number of hydrogen-bond acceptors (Lipinski definition) is 5. The first-order valence-corrected chi connectivity index (χ1v) is 9.29. The van der Waals surface area contributed by atoms with Crippen LogP contribution in [0.5, 0.6) is 0 Å². The molecule has 2 heterocycles. The third-order valence-corrected chi connectivity index (χ3v) is 4.84. The molecule has 0 radical (unpaired) electrons. The predicted octanol–water partition coefficient (Wildman–Crippen LogP) is 1.74. The van der Waals surface area contributed by atoms with E-state index in [2.05, 4.69) is 19.7 Å². The van der Waals surface area contributed by atoms with Gasteiger partial charge in [-0.1, -0.05) is 0 Å². The number of aromatic nitrogens is 4. The topological polar surface area (TPSA) is 89.8 Å². The van der Waals surface area contributed by atoms with Gasteiger partial charge in [0.25, 0.3) is 0 Å². The summed E-state index contributed by atoms with van der Waals surface area (Å²) in [6.07, 6.45) is 6.39. The number of hydrogen-bond donors (Lipinski definition) is 1. The molecule has 0 fully saturated rings. The van der Waals surface area contributed by atoms with Crippen LogP contribution in [0.25, 0.3) is 11.6 Å². The van der Waals surface area contributed by atoms with Gasteiger partial charge in [0.05, 0.1) is 5.75 Å². The Morgan fingerprint density at radius 2 is 1.85 bits per heavy atom. The Morgan fingerprint density at radius 3 is 2.62 bits per heavy atom. The lowest BCUT2D eigenvalue weighted by Gasteiger charge is -2.10. The molecule has 0 aliphatic heterocycles. The lowest BCUT2D eigenvalue weighted by molar-refractivity contribution is 0.564. The summed E-state index contributed by atoms with van der Waals surface area (Å²) in [5.41, 5.74) is -0.224. The second kappa shape index (κ2) is 7.67. The van der Waals surface area contributed by atoms with E-state index in [0.29, 0.717) is 11.6 Å². The Morgan fingerprint density at radius 1 is 1.08 bits per heavy atom. The maximum atomic E-state index is 13.6. The molecule has 0 amide bonds. The van der Waals surface area contributed by atoms with Gasteiger partial charge in [0.1, 0.15) is 11.6 Å². The van der Waals surface area contributed by atoms with E-state index in [1.807, 2.05) is 0 Å². The highest BCUT2D eigenvalue weighted by Gasteiger charge is 2.16. The summed E-state index contributed by atoms with van der Waals surface area (Å²) in [6.45, 7) is 0.327. The molecule has 0 spiro atoms. The number of benzene rings is 1. The maximum absolute atomic E-state index is 13.6. The number of rotatable bonds is 7. The molecule has 7 nitrogen and oxygen atoms in total. The van der Waals surface area contributed by atoms with Gasteiger partial charge < -0.3 is 4.57 Å². The Balaban J connectivity index is 1.63. The molecule has 0 unspecified atom stereocenters. The average molecular weight is 379 g/mol. The number of nitrogens with zero attached hydrogens (tertiary/aromatic N) is 4. The van der Waals surface area contributed by atoms with E-state index < -0.39 is 27.4 Å². The molecule has 3 aromatic rings. The van der Waals surface area contributed by atoms with Crippen LogP contribution < -0.4 is 4.72 Å². The van der Waals surface area contributed by atoms with Crippen LogP contribution >= 0.6 is 0 Å². The molecule has 1 N–H and O–H groups in total. The molecule has 0 aliphatic rings. The zero-order chi connectivity index (χ0) is 18.6. The third-order valence-electron chi connectivity index (χ3n) is 3.51. The summed E-state index contributed by atoms with van der Waals surface area (Å²) in [5, 5.41) is 0. The first-order chi connectivity index (χ1) is 12.4. The summed E-state index contributed by atoms with van der Waals surface area (Å²) in [6, 6.07) is 4.38. The molecule has 2 aromatic heterocycles. The van der Waals surface area contributed by atoms with Crippen molar-refractivity contribution in [2.45, 2.75) is 12.3 Å². The molecule has 10 heteroatoms. The van der Waals surface area contributed by atoms with E-state index in [-0.39, 0.29) is 18.7 Å². The van der Waals surface area contributed by atoms with Crippen molar-refractivity contribution in [2.24, 2.45) is 0 Å². The zero-order valence-electron chi connectivity index (χ0n) is 13.5. The van der Waals surface area contributed by atoms with Gasteiger partial charge in [-0.3, -0.25) is 0 Å². The van der Waals surface area contributed by atoms with Gasteiger partial charge in [0.15, 0.2) is 11.6 Å². The van der Waals surface area contributed by atoms with Crippen LogP contribution in [0.1, 0.15) is 5.56 Å². The minimum absolute atomic E-state index is 0.0511. The van der Waals surface area contributed by atoms with Crippen LogP contribution in [0.4, 0.5) is 8.78 Å². The Kier molecular flexibility index (Phi) is 5.33. The molecular formula is C16H15F2N5O2S. The van der Waals surface area contributed by atoms with Crippen LogP contribution in [-0.2, 0) is 22.3 Å². The quantitative estimate of drug-likeness (QED) is 0.675. The molecule has 0 saturated carbocycles. The fourth-order valence-corrected chi connectivity index (χ4v) is 3.48. The predicted molar refractivity (Wildman–Crippen MR) is 90.2 cm³/mol. The summed E-state index contributed by atoms with van der Waals surface area (Å²) >= 11 is 0. The largest absolute Gasteiger partial charge is 0.327 e. The highest BCUT2D eigenvalue weighted by atomic mass is 32.2. The fraction of sp³-hybridized carbons (Fsp3) is 0.188. The first-order valence-electron chi connectivity index (χ1n) is 7.64. The SMILES string of the molecule is O=S(=O)(Cc1cc(F)ccc1F)NCCn1ccnc1-c1ncccn1. The zero-order valence-corrected chi connectivity index (χ0v) is 14.3. The molecule has 136 valence electrons. The van der Waals surface area contributed by atoms with Crippen molar-refractivity contribution in [3.8, 4) is 11.6 Å². The summed E-state index contributed by atoms with van der Waals surface area (Å²) in [4.78, 5) is 12.4. The molecule has 0 aliphatic carbocycles. The number of sulfonamides is 1. The van der Waals surface area contributed by atoms with Crippen LogP contribution in [-0.4, -0.2) is 34.5 Å². The Bertz CT molecular complexity index is 993. The van der Waals surface area contributed by atoms with E-state index in [1.165, 1.54) is 0 Å². The molecule has 0 bridgehead atoms. The van der Waals surface area contributed by atoms with Crippen molar-refractivity contribution < 1.29 is 17.2 Å². The lowest BCUT2D eigenvalue weighted by Crippen LogP contribution is -2.29. The maximum Gasteiger partial charge on any atom is 0.215 e. The second-order valence-corrected chi connectivity index (χ2v) is 7.21. The van der Waals surface area contributed by atoms with Gasteiger partial charge in [-0.2, -0.15) is 0 Å². The third kappa shape index (κ3) is 4.46. The van der Waals surface area contributed by atoms with Crippen molar-refractivity contribution in [3.63, 3.8) is 0 Å². The first kappa shape index (κ1) is 18.1. The van der Waals surface area contributed by atoms with Crippen LogP contribution in [0.2, 0.25) is 0 Å². The average Bonchev–Trinajstić information content (AvgIpc) is 3.07. The van der Waals surface area contributed by atoms with Crippen LogP contribution in [0, 0.1) is 11.6 Å². The van der Waals surface area contributed by atoms with E-state index in [9.17, 15) is 17.2 Å². The molecular weight excluding hydrogens is 364 g/mol. The van der Waals surface area contributed by atoms with E-state index >= 15 is 0 Å². The Labute approximate surface area is 148 Å². The molecule has 26 heavy (non-hydrogen) atoms.